The summed E-state index contributed by atoms with van der Waals surface area (Å²) in [6.45, 7) is 4.93. The predicted octanol–water partition coefficient (Wildman–Crippen LogP) is 3.55. The molecule has 0 aliphatic rings. The van der Waals surface area contributed by atoms with E-state index in [1.807, 2.05) is 30.5 Å². The topological polar surface area (TPSA) is 47.0 Å². The zero-order chi connectivity index (χ0) is 13.7. The molecule has 0 aliphatic heterocycles. The Morgan fingerprint density at radius 3 is 2.84 bits per heavy atom. The highest BCUT2D eigenvalue weighted by atomic mass is 32.2. The first-order valence-corrected chi connectivity index (χ1v) is 8.10. The van der Waals surface area contributed by atoms with Crippen LogP contribution in [0.5, 0.6) is 10.9 Å². The van der Waals surface area contributed by atoms with Crippen molar-refractivity contribution in [1.29, 1.82) is 0 Å². The molecule has 0 atom stereocenters. The van der Waals surface area contributed by atoms with Crippen LogP contribution in [0.1, 0.15) is 18.9 Å². The van der Waals surface area contributed by atoms with Gasteiger partial charge in [0.25, 0.3) is 5.19 Å². The first-order valence-electron chi connectivity index (χ1n) is 6.05. The molecule has 1 heterocycles. The summed E-state index contributed by atoms with van der Waals surface area (Å²) in [6, 6.07) is 8.36. The van der Waals surface area contributed by atoms with Crippen LogP contribution in [0.4, 0.5) is 0 Å². The van der Waals surface area contributed by atoms with Crippen LogP contribution in [0.3, 0.4) is 0 Å². The number of nitrogens with one attached hydrogen (secondary N) is 1. The van der Waals surface area contributed by atoms with Gasteiger partial charge in [0.2, 0.25) is 0 Å². The van der Waals surface area contributed by atoms with Crippen molar-refractivity contribution < 1.29 is 4.74 Å². The van der Waals surface area contributed by atoms with Gasteiger partial charge >= 0.3 is 0 Å². The second-order valence-electron chi connectivity index (χ2n) is 4.25. The van der Waals surface area contributed by atoms with Crippen molar-refractivity contribution in [2.45, 2.75) is 31.3 Å². The highest BCUT2D eigenvalue weighted by molar-refractivity contribution is 7.98. The Bertz CT molecular complexity index is 528. The molecule has 19 heavy (non-hydrogen) atoms. The molecule has 6 heteroatoms. The highest BCUT2D eigenvalue weighted by Gasteiger charge is 2.09. The predicted molar refractivity (Wildman–Crippen MR) is 80.2 cm³/mol. The fourth-order valence-electron chi connectivity index (χ4n) is 1.44. The van der Waals surface area contributed by atoms with Gasteiger partial charge in [0.15, 0.2) is 0 Å². The average molecular weight is 295 g/mol. The number of aromatic nitrogens is 2. The lowest BCUT2D eigenvalue weighted by atomic mass is 10.3. The molecule has 0 saturated heterocycles. The molecule has 0 spiro atoms. The quantitative estimate of drug-likeness (QED) is 0.826. The van der Waals surface area contributed by atoms with Gasteiger partial charge in [-0.25, -0.2) is 0 Å². The molecule has 0 aliphatic carbocycles. The molecular formula is C13H17N3OS2. The number of hydrogen-bond acceptors (Lipinski definition) is 6. The Labute approximate surface area is 121 Å². The zero-order valence-corrected chi connectivity index (χ0v) is 12.8. The maximum atomic E-state index is 5.78. The lowest BCUT2D eigenvalue weighted by Crippen LogP contribution is -2.21. The van der Waals surface area contributed by atoms with Gasteiger partial charge in [-0.05, 0) is 18.4 Å². The Morgan fingerprint density at radius 2 is 2.11 bits per heavy atom. The second-order valence-corrected chi connectivity index (χ2v) is 6.12. The lowest BCUT2D eigenvalue weighted by molar-refractivity contribution is 0.462. The van der Waals surface area contributed by atoms with Gasteiger partial charge in [-0.3, -0.25) is 0 Å². The summed E-state index contributed by atoms with van der Waals surface area (Å²) in [6.07, 6.45) is 2.03. The van der Waals surface area contributed by atoms with E-state index >= 15 is 0 Å². The van der Waals surface area contributed by atoms with E-state index < -0.39 is 0 Å². The molecule has 1 aromatic carbocycles. The molecule has 1 aromatic heterocycles. The van der Waals surface area contributed by atoms with E-state index in [0.717, 1.165) is 22.2 Å². The number of ether oxygens (including phenoxy) is 1. The van der Waals surface area contributed by atoms with Crippen LogP contribution in [-0.4, -0.2) is 22.5 Å². The molecule has 2 aromatic rings. The summed E-state index contributed by atoms with van der Waals surface area (Å²) in [5, 5.41) is 13.0. The van der Waals surface area contributed by atoms with Crippen LogP contribution in [0, 0.1) is 0 Å². The van der Waals surface area contributed by atoms with E-state index in [9.17, 15) is 0 Å². The molecule has 102 valence electrons. The molecule has 0 unspecified atom stereocenters. The normalized spacial score (nSPS) is 10.9. The third kappa shape index (κ3) is 4.19. The standard InChI is InChI=1S/C13H17N3OS2/c1-9(2)14-8-12-15-16-13(19-12)17-10-6-4-5-7-11(10)18-3/h4-7,9,14H,8H2,1-3H3. The van der Waals surface area contributed by atoms with Gasteiger partial charge < -0.3 is 10.1 Å². The first kappa shape index (κ1) is 14.3. The van der Waals surface area contributed by atoms with E-state index in [2.05, 4.69) is 29.4 Å². The van der Waals surface area contributed by atoms with Crippen LogP contribution in [-0.2, 0) is 6.54 Å². The van der Waals surface area contributed by atoms with Gasteiger partial charge in [0, 0.05) is 10.9 Å². The fraction of sp³-hybridized carbons (Fsp3) is 0.385. The van der Waals surface area contributed by atoms with Crippen molar-refractivity contribution in [2.75, 3.05) is 6.26 Å². The summed E-state index contributed by atoms with van der Waals surface area (Å²) in [7, 11) is 0. The Morgan fingerprint density at radius 1 is 1.32 bits per heavy atom. The van der Waals surface area contributed by atoms with Crippen LogP contribution in [0.2, 0.25) is 0 Å². The number of hydrogen-bond donors (Lipinski definition) is 1. The SMILES string of the molecule is CSc1ccccc1Oc1nnc(CNC(C)C)s1. The summed E-state index contributed by atoms with van der Waals surface area (Å²) in [5.74, 6) is 0.828. The number of rotatable bonds is 6. The molecule has 4 nitrogen and oxygen atoms in total. The van der Waals surface area contributed by atoms with E-state index in [1.54, 1.807) is 11.8 Å². The van der Waals surface area contributed by atoms with Gasteiger partial charge in [-0.1, -0.05) is 42.4 Å². The smallest absolute Gasteiger partial charge is 0.299 e. The average Bonchev–Trinajstić information content (AvgIpc) is 2.85. The summed E-state index contributed by atoms with van der Waals surface area (Å²) in [5.41, 5.74) is 0. The third-order valence-corrected chi connectivity index (χ3v) is 3.95. The monoisotopic (exact) mass is 295 g/mol. The molecule has 0 saturated carbocycles. The van der Waals surface area contributed by atoms with Crippen molar-refractivity contribution in [2.24, 2.45) is 0 Å². The molecule has 0 amide bonds. The van der Waals surface area contributed by atoms with Crippen molar-refractivity contribution in [3.63, 3.8) is 0 Å². The van der Waals surface area contributed by atoms with Gasteiger partial charge in [-0.2, -0.15) is 0 Å². The van der Waals surface area contributed by atoms with E-state index in [1.165, 1.54) is 11.3 Å². The van der Waals surface area contributed by atoms with Crippen molar-refractivity contribution in [3.05, 3.63) is 29.3 Å². The zero-order valence-electron chi connectivity index (χ0n) is 11.2. The minimum Gasteiger partial charge on any atom is -0.429 e. The molecule has 0 radical (unpaired) electrons. The van der Waals surface area contributed by atoms with Gasteiger partial charge in [-0.15, -0.1) is 16.9 Å². The van der Waals surface area contributed by atoms with Crippen LogP contribution in [0.15, 0.2) is 29.2 Å². The minimum absolute atomic E-state index is 0.436. The van der Waals surface area contributed by atoms with Crippen molar-refractivity contribution >= 4 is 23.1 Å². The Balaban J connectivity index is 2.03. The number of thioether (sulfide) groups is 1. The van der Waals surface area contributed by atoms with Crippen molar-refractivity contribution in [1.82, 2.24) is 15.5 Å². The minimum atomic E-state index is 0.436. The number of para-hydroxylation sites is 1. The number of nitrogens with zero attached hydrogens (tertiary/aromatic N) is 2. The third-order valence-electron chi connectivity index (χ3n) is 2.38. The maximum Gasteiger partial charge on any atom is 0.299 e. The molecular weight excluding hydrogens is 278 g/mol. The van der Waals surface area contributed by atoms with Crippen LogP contribution >= 0.6 is 23.1 Å². The molecule has 0 fully saturated rings. The fourth-order valence-corrected chi connectivity index (χ4v) is 2.62. The summed E-state index contributed by atoms with van der Waals surface area (Å²) >= 11 is 3.13. The Kier molecular flexibility index (Phi) is 5.18. The summed E-state index contributed by atoms with van der Waals surface area (Å²) < 4.78 is 5.78. The molecule has 1 N–H and O–H groups in total. The van der Waals surface area contributed by atoms with Crippen LogP contribution in [0.25, 0.3) is 0 Å². The largest absolute Gasteiger partial charge is 0.429 e. The first-order chi connectivity index (χ1) is 9.19. The van der Waals surface area contributed by atoms with Gasteiger partial charge in [0.05, 0.1) is 6.54 Å². The van der Waals surface area contributed by atoms with Crippen LogP contribution < -0.4 is 10.1 Å². The summed E-state index contributed by atoms with van der Waals surface area (Å²) in [4.78, 5) is 1.10. The molecule has 2 rings (SSSR count). The Hall–Kier alpha value is -1.11. The van der Waals surface area contributed by atoms with E-state index in [0.29, 0.717) is 11.2 Å². The second kappa shape index (κ2) is 6.88. The molecule has 0 bridgehead atoms. The highest BCUT2D eigenvalue weighted by Crippen LogP contribution is 2.32. The number of benzene rings is 1. The van der Waals surface area contributed by atoms with E-state index in [4.69, 9.17) is 4.74 Å². The van der Waals surface area contributed by atoms with Crippen molar-refractivity contribution in [3.8, 4) is 10.9 Å². The lowest BCUT2D eigenvalue weighted by Gasteiger charge is -2.05. The maximum absolute atomic E-state index is 5.78. The van der Waals surface area contributed by atoms with E-state index in [-0.39, 0.29) is 0 Å². The van der Waals surface area contributed by atoms with Gasteiger partial charge in [0.1, 0.15) is 10.8 Å².